The molecule has 1 N–H and O–H groups in total. The summed E-state index contributed by atoms with van der Waals surface area (Å²) in [5.74, 6) is 0. The van der Waals surface area contributed by atoms with Crippen molar-refractivity contribution >= 4 is 11.6 Å². The van der Waals surface area contributed by atoms with Crippen LogP contribution in [0.3, 0.4) is 0 Å². The lowest BCUT2D eigenvalue weighted by Gasteiger charge is -2.17. The summed E-state index contributed by atoms with van der Waals surface area (Å²) in [7, 11) is 0. The fourth-order valence-electron chi connectivity index (χ4n) is 1.98. The fraction of sp³-hybridized carbons (Fsp3) is 0.600. The third-order valence-corrected chi connectivity index (χ3v) is 3.48. The number of hydrogen-bond donors (Lipinski definition) is 1. The summed E-state index contributed by atoms with van der Waals surface area (Å²) in [6.07, 6.45) is 2.30. The average Bonchev–Trinajstić information content (AvgIpc) is 2.40. The predicted molar refractivity (Wildman–Crippen MR) is 80.4 cm³/mol. The standard InChI is InChI=1S/C15H25ClN2/c1-3-18(4-2)13-5-11-17-12-10-14-6-8-15(16)9-7-14/h6-9,17H,3-5,10-13H2,1-2H3. The zero-order chi connectivity index (χ0) is 13.2. The van der Waals surface area contributed by atoms with E-state index in [0.717, 1.165) is 37.6 Å². The first-order valence-electron chi connectivity index (χ1n) is 6.93. The van der Waals surface area contributed by atoms with Gasteiger partial charge >= 0.3 is 0 Å². The summed E-state index contributed by atoms with van der Waals surface area (Å²) < 4.78 is 0. The molecule has 18 heavy (non-hydrogen) atoms. The first kappa shape index (κ1) is 15.5. The second kappa shape index (κ2) is 9.37. The molecule has 1 rings (SSSR count). The van der Waals surface area contributed by atoms with Gasteiger partial charge in [0.05, 0.1) is 0 Å². The maximum absolute atomic E-state index is 5.85. The van der Waals surface area contributed by atoms with Crippen LogP contribution in [0.4, 0.5) is 0 Å². The van der Waals surface area contributed by atoms with Crippen LogP contribution in [0.5, 0.6) is 0 Å². The molecule has 0 radical (unpaired) electrons. The Morgan fingerprint density at radius 2 is 1.72 bits per heavy atom. The lowest BCUT2D eigenvalue weighted by Crippen LogP contribution is -2.27. The zero-order valence-electron chi connectivity index (χ0n) is 11.6. The van der Waals surface area contributed by atoms with Crippen LogP contribution < -0.4 is 5.32 Å². The van der Waals surface area contributed by atoms with Gasteiger partial charge in [0.1, 0.15) is 0 Å². The highest BCUT2D eigenvalue weighted by Gasteiger charge is 1.98. The van der Waals surface area contributed by atoms with E-state index in [1.165, 1.54) is 18.5 Å². The van der Waals surface area contributed by atoms with E-state index >= 15 is 0 Å². The fourth-order valence-corrected chi connectivity index (χ4v) is 2.10. The molecule has 0 fully saturated rings. The summed E-state index contributed by atoms with van der Waals surface area (Å²) in [4.78, 5) is 2.46. The normalized spacial score (nSPS) is 11.1. The molecule has 1 aromatic rings. The minimum Gasteiger partial charge on any atom is -0.316 e. The summed E-state index contributed by atoms with van der Waals surface area (Å²) in [5, 5.41) is 4.30. The monoisotopic (exact) mass is 268 g/mol. The molecule has 1 aromatic carbocycles. The van der Waals surface area contributed by atoms with E-state index in [2.05, 4.69) is 36.2 Å². The Labute approximate surface area is 116 Å². The lowest BCUT2D eigenvalue weighted by atomic mass is 10.1. The summed E-state index contributed by atoms with van der Waals surface area (Å²) in [5.41, 5.74) is 1.34. The Balaban J connectivity index is 2.03. The molecule has 0 aromatic heterocycles. The molecule has 0 saturated heterocycles. The second-order valence-electron chi connectivity index (χ2n) is 4.51. The summed E-state index contributed by atoms with van der Waals surface area (Å²) in [6.45, 7) is 10.1. The van der Waals surface area contributed by atoms with E-state index in [0.29, 0.717) is 0 Å². The maximum Gasteiger partial charge on any atom is 0.0406 e. The highest BCUT2D eigenvalue weighted by atomic mass is 35.5. The molecule has 0 atom stereocenters. The van der Waals surface area contributed by atoms with Gasteiger partial charge in [0.2, 0.25) is 0 Å². The van der Waals surface area contributed by atoms with Crippen LogP contribution in [0.25, 0.3) is 0 Å². The smallest absolute Gasteiger partial charge is 0.0406 e. The van der Waals surface area contributed by atoms with E-state index in [1.54, 1.807) is 0 Å². The van der Waals surface area contributed by atoms with Gasteiger partial charge in [-0.3, -0.25) is 0 Å². The molecular weight excluding hydrogens is 244 g/mol. The van der Waals surface area contributed by atoms with Crippen LogP contribution >= 0.6 is 11.6 Å². The minimum absolute atomic E-state index is 0.811. The van der Waals surface area contributed by atoms with Gasteiger partial charge in [-0.2, -0.15) is 0 Å². The molecule has 0 heterocycles. The topological polar surface area (TPSA) is 15.3 Å². The van der Waals surface area contributed by atoms with Crippen molar-refractivity contribution in [2.24, 2.45) is 0 Å². The van der Waals surface area contributed by atoms with E-state index < -0.39 is 0 Å². The Morgan fingerprint density at radius 3 is 2.33 bits per heavy atom. The number of nitrogens with one attached hydrogen (secondary N) is 1. The first-order valence-corrected chi connectivity index (χ1v) is 7.31. The van der Waals surface area contributed by atoms with Crippen molar-refractivity contribution in [2.75, 3.05) is 32.7 Å². The van der Waals surface area contributed by atoms with Crippen LogP contribution in [0.2, 0.25) is 5.02 Å². The van der Waals surface area contributed by atoms with Crippen LogP contribution in [0.1, 0.15) is 25.8 Å². The second-order valence-corrected chi connectivity index (χ2v) is 4.94. The highest BCUT2D eigenvalue weighted by molar-refractivity contribution is 6.30. The largest absolute Gasteiger partial charge is 0.316 e. The van der Waals surface area contributed by atoms with Gasteiger partial charge in [-0.25, -0.2) is 0 Å². The van der Waals surface area contributed by atoms with E-state index in [9.17, 15) is 0 Å². The lowest BCUT2D eigenvalue weighted by molar-refractivity contribution is 0.298. The molecule has 2 nitrogen and oxygen atoms in total. The van der Waals surface area contributed by atoms with Gasteiger partial charge in [-0.1, -0.05) is 37.6 Å². The van der Waals surface area contributed by atoms with Gasteiger partial charge in [0.25, 0.3) is 0 Å². The molecule has 0 unspecified atom stereocenters. The molecule has 0 amide bonds. The van der Waals surface area contributed by atoms with Crippen LogP contribution in [-0.2, 0) is 6.42 Å². The Morgan fingerprint density at radius 1 is 1.06 bits per heavy atom. The number of halogens is 1. The van der Waals surface area contributed by atoms with Gasteiger partial charge < -0.3 is 10.2 Å². The third kappa shape index (κ3) is 6.39. The average molecular weight is 269 g/mol. The quantitative estimate of drug-likeness (QED) is 0.692. The SMILES string of the molecule is CCN(CC)CCCNCCc1ccc(Cl)cc1. The molecule has 3 heteroatoms. The minimum atomic E-state index is 0.811. The van der Waals surface area contributed by atoms with E-state index in [4.69, 9.17) is 11.6 Å². The molecular formula is C15H25ClN2. The van der Waals surface area contributed by atoms with Crippen LogP contribution in [0.15, 0.2) is 24.3 Å². The Hall–Kier alpha value is -0.570. The first-order chi connectivity index (χ1) is 8.76. The predicted octanol–water partition coefficient (Wildman–Crippen LogP) is 3.20. The van der Waals surface area contributed by atoms with Gasteiger partial charge in [-0.05, 0) is 63.3 Å². The Bertz CT molecular complexity index is 307. The van der Waals surface area contributed by atoms with Crippen molar-refractivity contribution in [3.8, 4) is 0 Å². The van der Waals surface area contributed by atoms with Crippen molar-refractivity contribution in [3.63, 3.8) is 0 Å². The molecule has 0 aliphatic rings. The molecule has 0 spiro atoms. The van der Waals surface area contributed by atoms with Crippen molar-refractivity contribution in [2.45, 2.75) is 26.7 Å². The van der Waals surface area contributed by atoms with E-state index in [-0.39, 0.29) is 0 Å². The molecule has 0 aliphatic carbocycles. The zero-order valence-corrected chi connectivity index (χ0v) is 12.3. The van der Waals surface area contributed by atoms with E-state index in [1.807, 2.05) is 12.1 Å². The number of nitrogens with zero attached hydrogens (tertiary/aromatic N) is 1. The molecule has 0 aliphatic heterocycles. The van der Waals surface area contributed by atoms with Crippen LogP contribution in [0, 0.1) is 0 Å². The summed E-state index contributed by atoms with van der Waals surface area (Å²) >= 11 is 5.85. The van der Waals surface area contributed by atoms with Crippen molar-refractivity contribution < 1.29 is 0 Å². The number of benzene rings is 1. The van der Waals surface area contributed by atoms with Crippen LogP contribution in [-0.4, -0.2) is 37.6 Å². The van der Waals surface area contributed by atoms with Gasteiger partial charge in [0.15, 0.2) is 0 Å². The Kier molecular flexibility index (Phi) is 8.06. The summed E-state index contributed by atoms with van der Waals surface area (Å²) in [6, 6.07) is 8.11. The molecule has 0 saturated carbocycles. The van der Waals surface area contributed by atoms with Crippen molar-refractivity contribution in [3.05, 3.63) is 34.9 Å². The third-order valence-electron chi connectivity index (χ3n) is 3.23. The molecule has 0 bridgehead atoms. The number of hydrogen-bond acceptors (Lipinski definition) is 2. The van der Waals surface area contributed by atoms with Crippen molar-refractivity contribution in [1.29, 1.82) is 0 Å². The number of rotatable bonds is 9. The molecule has 102 valence electrons. The highest BCUT2D eigenvalue weighted by Crippen LogP contribution is 2.09. The maximum atomic E-state index is 5.85. The van der Waals surface area contributed by atoms with Gasteiger partial charge in [0, 0.05) is 5.02 Å². The van der Waals surface area contributed by atoms with Crippen molar-refractivity contribution in [1.82, 2.24) is 10.2 Å². The van der Waals surface area contributed by atoms with Gasteiger partial charge in [-0.15, -0.1) is 0 Å².